The Kier molecular flexibility index (Phi) is 3.19. The summed E-state index contributed by atoms with van der Waals surface area (Å²) in [5.74, 6) is -0.490. The Morgan fingerprint density at radius 3 is 2.79 bits per heavy atom. The Hall–Kier alpha value is -1.89. The van der Waals surface area contributed by atoms with Crippen molar-refractivity contribution in [1.29, 1.82) is 0 Å². The Balaban J connectivity index is 2.70. The van der Waals surface area contributed by atoms with E-state index in [1.54, 1.807) is 12.1 Å². The van der Waals surface area contributed by atoms with Crippen LogP contribution in [0.4, 0.5) is 5.69 Å². The van der Waals surface area contributed by atoms with Gasteiger partial charge in [-0.2, -0.15) is 0 Å². The van der Waals surface area contributed by atoms with Crippen LogP contribution in [0.3, 0.4) is 0 Å². The van der Waals surface area contributed by atoms with Crippen LogP contribution < -0.4 is 22.3 Å². The molecule has 6 N–H and O–H groups in total. The largest absolute Gasteiger partial charge is 0.397 e. The second-order valence-corrected chi connectivity index (χ2v) is 2.82. The van der Waals surface area contributed by atoms with E-state index in [1.165, 1.54) is 6.20 Å². The van der Waals surface area contributed by atoms with Crippen molar-refractivity contribution in [3.05, 3.63) is 24.0 Å². The number of amides is 1. The van der Waals surface area contributed by atoms with Gasteiger partial charge in [-0.3, -0.25) is 15.6 Å². The van der Waals surface area contributed by atoms with Crippen molar-refractivity contribution in [1.82, 2.24) is 15.8 Å². The van der Waals surface area contributed by atoms with E-state index >= 15 is 0 Å². The maximum Gasteiger partial charge on any atom is 0.290 e. The zero-order chi connectivity index (χ0) is 10.6. The van der Waals surface area contributed by atoms with Crippen LogP contribution in [0.1, 0.15) is 10.5 Å². The first-order chi connectivity index (χ1) is 6.61. The van der Waals surface area contributed by atoms with Gasteiger partial charge >= 0.3 is 0 Å². The van der Waals surface area contributed by atoms with Gasteiger partial charge in [-0.15, -0.1) is 0 Å². The molecule has 1 aromatic rings. The van der Waals surface area contributed by atoms with Crippen molar-refractivity contribution in [3.63, 3.8) is 0 Å². The number of carbonyl (C=O) groups excluding carboxylic acids is 1. The molecule has 0 bridgehead atoms. The third kappa shape index (κ3) is 2.56. The minimum absolute atomic E-state index is 0.0344. The molecule has 0 aromatic carbocycles. The van der Waals surface area contributed by atoms with Gasteiger partial charge in [0.15, 0.2) is 10.8 Å². The van der Waals surface area contributed by atoms with Gasteiger partial charge in [0.05, 0.1) is 5.69 Å². The third-order valence-electron chi connectivity index (χ3n) is 1.35. The summed E-state index contributed by atoms with van der Waals surface area (Å²) >= 11 is 4.50. The van der Waals surface area contributed by atoms with E-state index in [9.17, 15) is 4.79 Å². The summed E-state index contributed by atoms with van der Waals surface area (Å²) in [7, 11) is 0. The van der Waals surface area contributed by atoms with Crippen molar-refractivity contribution >= 4 is 28.9 Å². The predicted molar refractivity (Wildman–Crippen MR) is 56.0 cm³/mol. The molecule has 0 saturated heterocycles. The summed E-state index contributed by atoms with van der Waals surface area (Å²) in [6, 6.07) is 3.20. The first kappa shape index (κ1) is 10.2. The molecule has 14 heavy (non-hydrogen) atoms. The molecule has 7 heteroatoms. The van der Waals surface area contributed by atoms with Crippen LogP contribution in [-0.4, -0.2) is 16.0 Å². The summed E-state index contributed by atoms with van der Waals surface area (Å²) in [5.41, 5.74) is 15.6. The van der Waals surface area contributed by atoms with Crippen molar-refractivity contribution in [2.24, 2.45) is 5.73 Å². The second kappa shape index (κ2) is 4.38. The molecule has 1 aromatic heterocycles. The molecule has 0 atom stereocenters. The lowest BCUT2D eigenvalue weighted by Gasteiger charge is -2.06. The molecule has 0 aliphatic carbocycles. The smallest absolute Gasteiger partial charge is 0.290 e. The van der Waals surface area contributed by atoms with Crippen LogP contribution >= 0.6 is 12.2 Å². The molecule has 0 saturated carbocycles. The number of aromatic nitrogens is 1. The lowest BCUT2D eigenvalue weighted by molar-refractivity contribution is 0.0940. The van der Waals surface area contributed by atoms with Crippen LogP contribution in [-0.2, 0) is 0 Å². The Morgan fingerprint density at radius 1 is 1.50 bits per heavy atom. The quantitative estimate of drug-likeness (QED) is 0.356. The molecule has 0 spiro atoms. The number of pyridine rings is 1. The lowest BCUT2D eigenvalue weighted by Crippen LogP contribution is -2.44. The molecular formula is C7H9N5OS. The van der Waals surface area contributed by atoms with Gasteiger partial charge in [0, 0.05) is 6.20 Å². The molecule has 0 aliphatic rings. The molecule has 74 valence electrons. The monoisotopic (exact) mass is 211 g/mol. The number of nitrogens with zero attached hydrogens (tertiary/aromatic N) is 1. The summed E-state index contributed by atoms with van der Waals surface area (Å²) in [6.45, 7) is 0. The number of hydrazine groups is 1. The molecule has 1 heterocycles. The minimum atomic E-state index is -0.490. The number of thiocarbonyl (C=S) groups is 1. The third-order valence-corrected chi connectivity index (χ3v) is 1.46. The predicted octanol–water partition coefficient (Wildman–Crippen LogP) is -0.858. The molecule has 0 unspecified atom stereocenters. The second-order valence-electron chi connectivity index (χ2n) is 2.38. The average molecular weight is 211 g/mol. The summed E-state index contributed by atoms with van der Waals surface area (Å²) < 4.78 is 0. The van der Waals surface area contributed by atoms with E-state index < -0.39 is 5.91 Å². The zero-order valence-corrected chi connectivity index (χ0v) is 7.97. The zero-order valence-electron chi connectivity index (χ0n) is 7.15. The van der Waals surface area contributed by atoms with Crippen molar-refractivity contribution in [2.45, 2.75) is 0 Å². The number of nitrogen functional groups attached to an aromatic ring is 1. The highest BCUT2D eigenvalue weighted by Crippen LogP contribution is 2.05. The highest BCUT2D eigenvalue weighted by Gasteiger charge is 2.09. The van der Waals surface area contributed by atoms with Crippen LogP contribution in [0, 0.1) is 0 Å². The molecule has 0 aliphatic heterocycles. The van der Waals surface area contributed by atoms with E-state index in [2.05, 4.69) is 28.1 Å². The van der Waals surface area contributed by atoms with Crippen molar-refractivity contribution < 1.29 is 4.79 Å². The number of nitrogens with one attached hydrogen (secondary N) is 2. The van der Waals surface area contributed by atoms with E-state index in [0.717, 1.165) is 0 Å². The van der Waals surface area contributed by atoms with Gasteiger partial charge in [-0.05, 0) is 24.4 Å². The van der Waals surface area contributed by atoms with Gasteiger partial charge < -0.3 is 11.5 Å². The SMILES string of the molecule is NC(=S)NNC(=O)c1ncccc1N. The Labute approximate surface area is 85.7 Å². The normalized spacial score (nSPS) is 9.14. The van der Waals surface area contributed by atoms with Crippen LogP contribution in [0.25, 0.3) is 0 Å². The maximum atomic E-state index is 11.3. The van der Waals surface area contributed by atoms with Gasteiger partial charge in [0.25, 0.3) is 5.91 Å². The van der Waals surface area contributed by atoms with Gasteiger partial charge in [0.1, 0.15) is 0 Å². The average Bonchev–Trinajstić information content (AvgIpc) is 2.15. The minimum Gasteiger partial charge on any atom is -0.397 e. The highest BCUT2D eigenvalue weighted by atomic mass is 32.1. The molecular weight excluding hydrogens is 202 g/mol. The molecule has 1 rings (SSSR count). The Morgan fingerprint density at radius 2 is 2.21 bits per heavy atom. The first-order valence-electron chi connectivity index (χ1n) is 3.67. The standard InChI is InChI=1S/C7H9N5OS/c8-4-2-1-3-10-5(4)6(13)11-12-7(9)14/h1-3H,8H2,(H,11,13)(H3,9,12,14). The van der Waals surface area contributed by atoms with Crippen LogP contribution in [0.5, 0.6) is 0 Å². The molecule has 1 amide bonds. The van der Waals surface area contributed by atoms with Crippen LogP contribution in [0.15, 0.2) is 18.3 Å². The fraction of sp³-hybridized carbons (Fsp3) is 0. The summed E-state index contributed by atoms with van der Waals surface area (Å²) in [4.78, 5) is 15.1. The maximum absolute atomic E-state index is 11.3. The van der Waals surface area contributed by atoms with Crippen LogP contribution in [0.2, 0.25) is 0 Å². The van der Waals surface area contributed by atoms with Crippen molar-refractivity contribution in [3.8, 4) is 0 Å². The number of nitrogens with two attached hydrogens (primary N) is 2. The molecule has 0 fully saturated rings. The fourth-order valence-electron chi connectivity index (χ4n) is 0.785. The number of rotatable bonds is 1. The Bertz CT molecular complexity index is 367. The first-order valence-corrected chi connectivity index (χ1v) is 4.08. The summed E-state index contributed by atoms with van der Waals surface area (Å²) in [5, 5.41) is -0.0344. The molecule has 6 nitrogen and oxygen atoms in total. The van der Waals surface area contributed by atoms with Gasteiger partial charge in [0.2, 0.25) is 0 Å². The fourth-order valence-corrected chi connectivity index (χ4v) is 0.836. The number of hydrogen-bond acceptors (Lipinski definition) is 4. The van der Waals surface area contributed by atoms with E-state index in [4.69, 9.17) is 11.5 Å². The van der Waals surface area contributed by atoms with E-state index in [1.807, 2.05) is 0 Å². The number of anilines is 1. The summed E-state index contributed by atoms with van der Waals surface area (Å²) in [6.07, 6.45) is 1.46. The van der Waals surface area contributed by atoms with Gasteiger partial charge in [-0.1, -0.05) is 0 Å². The van der Waals surface area contributed by atoms with E-state index in [-0.39, 0.29) is 16.5 Å². The topological polar surface area (TPSA) is 106 Å². The van der Waals surface area contributed by atoms with Crippen molar-refractivity contribution in [2.75, 3.05) is 5.73 Å². The lowest BCUT2D eigenvalue weighted by atomic mass is 10.3. The number of hydrogen-bond donors (Lipinski definition) is 4. The highest BCUT2D eigenvalue weighted by molar-refractivity contribution is 7.80. The van der Waals surface area contributed by atoms with Gasteiger partial charge in [-0.25, -0.2) is 4.98 Å². The van der Waals surface area contributed by atoms with E-state index in [0.29, 0.717) is 0 Å². The number of carbonyl (C=O) groups is 1. The molecule has 0 radical (unpaired) electrons.